The maximum Gasteiger partial charge on any atom is 0.108 e. The number of halogens is 1. The van der Waals surface area contributed by atoms with E-state index < -0.39 is 6.17 Å². The molecule has 2 nitrogen and oxygen atoms in total. The van der Waals surface area contributed by atoms with Crippen LogP contribution in [0.4, 0.5) is 4.39 Å². The summed E-state index contributed by atoms with van der Waals surface area (Å²) in [6.45, 7) is 2.08. The first-order valence-electron chi connectivity index (χ1n) is 6.50. The monoisotopic (exact) mass is 262 g/mol. The highest BCUT2D eigenvalue weighted by Crippen LogP contribution is 2.39. The van der Waals surface area contributed by atoms with Gasteiger partial charge in [0, 0.05) is 28.4 Å². The van der Waals surface area contributed by atoms with Crippen molar-refractivity contribution in [3.05, 3.63) is 12.2 Å². The van der Waals surface area contributed by atoms with Crippen LogP contribution in [0.5, 0.6) is 0 Å². The van der Waals surface area contributed by atoms with E-state index in [1.54, 1.807) is 0 Å². The van der Waals surface area contributed by atoms with Gasteiger partial charge in [-0.1, -0.05) is 31.9 Å². The predicted octanol–water partition coefficient (Wildman–Crippen LogP) is 3.26. The lowest BCUT2D eigenvalue weighted by molar-refractivity contribution is 0.114. The van der Waals surface area contributed by atoms with Crippen LogP contribution in [0.2, 0.25) is 0 Å². The molecule has 0 saturated heterocycles. The van der Waals surface area contributed by atoms with Gasteiger partial charge in [-0.05, 0) is 18.8 Å². The quantitative estimate of drug-likeness (QED) is 0.433. The molecule has 0 spiro atoms. The molecule has 1 saturated carbocycles. The number of aliphatic hydroxyl groups excluding tert-OH is 1. The molecule has 0 amide bonds. The zero-order chi connectivity index (χ0) is 12.7. The topological polar surface area (TPSA) is 29.5 Å². The Labute approximate surface area is 106 Å². The molecule has 0 heterocycles. The number of aliphatic hydroxyl groups is 1. The third kappa shape index (κ3) is 4.31. The van der Waals surface area contributed by atoms with Crippen molar-refractivity contribution >= 4 is 9.47 Å². The highest BCUT2D eigenvalue weighted by Gasteiger charge is 2.42. The first kappa shape index (κ1) is 15.1. The van der Waals surface area contributed by atoms with Gasteiger partial charge < -0.3 is 9.63 Å². The zero-order valence-electron chi connectivity index (χ0n) is 10.5. The molecule has 0 aromatic rings. The summed E-state index contributed by atoms with van der Waals surface area (Å²) in [5.74, 6) is -0.165. The molecule has 0 aromatic carbocycles. The standard InChI is InChI=1S/C13H24FO2P/c1-2-3-4-5-6-7-10-11(9-15)12(14)8-13(10)16-17/h5-6,10-13,15H,2-4,7-9,17H2,1H3/b6-5-/t10-,11-,12?,13?/m1/s1. The minimum Gasteiger partial charge on any atom is -0.396 e. The summed E-state index contributed by atoms with van der Waals surface area (Å²) in [4.78, 5) is 0. The van der Waals surface area contributed by atoms with Crippen LogP contribution in [0, 0.1) is 11.8 Å². The van der Waals surface area contributed by atoms with Crippen LogP contribution in [0.3, 0.4) is 0 Å². The van der Waals surface area contributed by atoms with Gasteiger partial charge in [0.1, 0.15) is 6.17 Å². The molecule has 1 rings (SSSR count). The fraction of sp³-hybridized carbons (Fsp3) is 0.846. The molecule has 17 heavy (non-hydrogen) atoms. The van der Waals surface area contributed by atoms with Crippen LogP contribution in [-0.4, -0.2) is 24.0 Å². The van der Waals surface area contributed by atoms with Crippen molar-refractivity contribution in [2.45, 2.75) is 51.3 Å². The van der Waals surface area contributed by atoms with E-state index in [1.165, 1.54) is 12.8 Å². The van der Waals surface area contributed by atoms with Crippen molar-refractivity contribution in [1.82, 2.24) is 0 Å². The molecular formula is C13H24FO2P. The van der Waals surface area contributed by atoms with E-state index in [9.17, 15) is 9.50 Å². The summed E-state index contributed by atoms with van der Waals surface area (Å²) >= 11 is 0. The van der Waals surface area contributed by atoms with E-state index in [1.807, 2.05) is 0 Å². The van der Waals surface area contributed by atoms with Crippen molar-refractivity contribution in [3.8, 4) is 0 Å². The number of rotatable bonds is 7. The van der Waals surface area contributed by atoms with E-state index in [0.29, 0.717) is 6.42 Å². The Bertz CT molecular complexity index is 235. The third-order valence-electron chi connectivity index (χ3n) is 3.63. The van der Waals surface area contributed by atoms with Crippen molar-refractivity contribution in [3.63, 3.8) is 0 Å². The molecular weight excluding hydrogens is 238 g/mol. The van der Waals surface area contributed by atoms with Gasteiger partial charge in [0.15, 0.2) is 0 Å². The Morgan fingerprint density at radius 2 is 2.18 bits per heavy atom. The molecule has 1 aliphatic rings. The minimum absolute atomic E-state index is 0.0806. The van der Waals surface area contributed by atoms with Crippen LogP contribution in [0.25, 0.3) is 0 Å². The molecule has 1 N–H and O–H groups in total. The second-order valence-electron chi connectivity index (χ2n) is 4.79. The minimum atomic E-state index is -0.931. The Balaban J connectivity index is 2.44. The zero-order valence-corrected chi connectivity index (χ0v) is 11.7. The van der Waals surface area contributed by atoms with Gasteiger partial charge in [0.25, 0.3) is 0 Å². The Kier molecular flexibility index (Phi) is 7.26. The molecule has 100 valence electrons. The first-order chi connectivity index (χ1) is 8.24. The third-order valence-corrected chi connectivity index (χ3v) is 3.98. The number of hydrogen-bond donors (Lipinski definition) is 1. The fourth-order valence-corrected chi connectivity index (χ4v) is 2.85. The van der Waals surface area contributed by atoms with E-state index in [4.69, 9.17) is 4.52 Å². The summed E-state index contributed by atoms with van der Waals surface area (Å²) < 4.78 is 18.9. The molecule has 5 atom stereocenters. The summed E-state index contributed by atoms with van der Waals surface area (Å²) in [6.07, 6.45) is 7.93. The van der Waals surface area contributed by atoms with Gasteiger partial charge >= 0.3 is 0 Å². The number of allylic oxidation sites excluding steroid dienone is 2. The van der Waals surface area contributed by atoms with Crippen molar-refractivity contribution < 1.29 is 14.0 Å². The van der Waals surface area contributed by atoms with Gasteiger partial charge in [-0.2, -0.15) is 0 Å². The summed E-state index contributed by atoms with van der Waals surface area (Å²) in [7, 11) is 2.22. The predicted molar refractivity (Wildman–Crippen MR) is 71.4 cm³/mol. The Morgan fingerprint density at radius 1 is 1.41 bits per heavy atom. The maximum absolute atomic E-state index is 13.6. The molecule has 1 aliphatic carbocycles. The van der Waals surface area contributed by atoms with E-state index in [2.05, 4.69) is 28.5 Å². The second kappa shape index (κ2) is 8.18. The Hall–Kier alpha value is 0.0200. The van der Waals surface area contributed by atoms with Crippen LogP contribution in [0.1, 0.15) is 39.0 Å². The highest BCUT2D eigenvalue weighted by atomic mass is 31.0. The molecule has 4 heteroatoms. The maximum atomic E-state index is 13.6. The number of alkyl halides is 1. The molecule has 1 fully saturated rings. The number of hydrogen-bond acceptors (Lipinski definition) is 2. The average Bonchev–Trinajstić information content (AvgIpc) is 2.64. The molecule has 3 unspecified atom stereocenters. The highest BCUT2D eigenvalue weighted by molar-refractivity contribution is 7.09. The fourth-order valence-electron chi connectivity index (χ4n) is 2.54. The van der Waals surface area contributed by atoms with Crippen molar-refractivity contribution in [1.29, 1.82) is 0 Å². The number of unbranched alkanes of at least 4 members (excludes halogenated alkanes) is 2. The van der Waals surface area contributed by atoms with Gasteiger partial charge in [0.05, 0.1) is 6.10 Å². The second-order valence-corrected chi connectivity index (χ2v) is 5.06. The molecule has 0 radical (unpaired) electrons. The van der Waals surface area contributed by atoms with Crippen LogP contribution >= 0.6 is 9.47 Å². The molecule has 0 bridgehead atoms. The first-order valence-corrected chi connectivity index (χ1v) is 6.97. The van der Waals surface area contributed by atoms with E-state index in [0.717, 1.165) is 12.8 Å². The van der Waals surface area contributed by atoms with Gasteiger partial charge in [-0.3, -0.25) is 0 Å². The van der Waals surface area contributed by atoms with Gasteiger partial charge in [0.2, 0.25) is 0 Å². The van der Waals surface area contributed by atoms with Crippen LogP contribution < -0.4 is 0 Å². The summed E-state index contributed by atoms with van der Waals surface area (Å²) in [5.41, 5.74) is 0. The van der Waals surface area contributed by atoms with Crippen LogP contribution in [-0.2, 0) is 4.52 Å². The SMILES string of the molecule is CCCC/C=C\C[C@H]1C(OP)CC(F)[C@@H]1CO. The Morgan fingerprint density at radius 3 is 2.76 bits per heavy atom. The smallest absolute Gasteiger partial charge is 0.108 e. The molecule has 0 aromatic heterocycles. The lowest BCUT2D eigenvalue weighted by atomic mass is 9.91. The lowest BCUT2D eigenvalue weighted by Gasteiger charge is -2.21. The van der Waals surface area contributed by atoms with Gasteiger partial charge in [-0.25, -0.2) is 4.39 Å². The lowest BCUT2D eigenvalue weighted by Crippen LogP contribution is -2.23. The van der Waals surface area contributed by atoms with Crippen molar-refractivity contribution in [2.75, 3.05) is 6.61 Å². The van der Waals surface area contributed by atoms with Crippen molar-refractivity contribution in [2.24, 2.45) is 11.8 Å². The normalized spacial score (nSPS) is 33.6. The van der Waals surface area contributed by atoms with Gasteiger partial charge in [-0.15, -0.1) is 0 Å². The molecule has 0 aliphatic heterocycles. The average molecular weight is 262 g/mol. The van der Waals surface area contributed by atoms with E-state index >= 15 is 0 Å². The van der Waals surface area contributed by atoms with Crippen LogP contribution in [0.15, 0.2) is 12.2 Å². The largest absolute Gasteiger partial charge is 0.396 e. The van der Waals surface area contributed by atoms with E-state index in [-0.39, 0.29) is 24.5 Å². The summed E-state index contributed by atoms with van der Waals surface area (Å²) in [5, 5.41) is 9.23. The summed E-state index contributed by atoms with van der Waals surface area (Å²) in [6, 6.07) is 0.